The van der Waals surface area contributed by atoms with Crippen LogP contribution in [-0.4, -0.2) is 79.0 Å². The van der Waals surface area contributed by atoms with Crippen LogP contribution in [-0.2, 0) is 16.1 Å². The Morgan fingerprint density at radius 2 is 2.05 bits per heavy atom. The van der Waals surface area contributed by atoms with Crippen LogP contribution in [0.25, 0.3) is 16.9 Å². The van der Waals surface area contributed by atoms with E-state index in [0.29, 0.717) is 52.9 Å². The smallest absolute Gasteiger partial charge is 0.407 e. The highest BCUT2D eigenvalue weighted by molar-refractivity contribution is 6.31. The molecular formula is C28H29ClN8O5. The van der Waals surface area contributed by atoms with E-state index < -0.39 is 17.6 Å². The fourth-order valence-electron chi connectivity index (χ4n) is 4.56. The van der Waals surface area contributed by atoms with Crippen LogP contribution in [0.5, 0.6) is 5.75 Å². The fraction of sp³-hybridized carbons (Fsp3) is 0.357. The van der Waals surface area contributed by atoms with Gasteiger partial charge in [-0.05, 0) is 51.5 Å². The van der Waals surface area contributed by atoms with Gasteiger partial charge in [0.05, 0.1) is 31.2 Å². The number of ether oxygens (including phenoxy) is 2. The van der Waals surface area contributed by atoms with Crippen molar-refractivity contribution in [1.82, 2.24) is 34.6 Å². The van der Waals surface area contributed by atoms with Crippen molar-refractivity contribution in [1.29, 1.82) is 0 Å². The monoisotopic (exact) mass is 592 g/mol. The first-order chi connectivity index (χ1) is 20.0. The Balaban J connectivity index is 1.37. The number of nitrogens with zero attached hydrogens (tertiary/aromatic N) is 6. The van der Waals surface area contributed by atoms with Gasteiger partial charge in [0, 0.05) is 36.1 Å². The molecule has 218 valence electrons. The van der Waals surface area contributed by atoms with Crippen molar-refractivity contribution in [3.63, 3.8) is 0 Å². The summed E-state index contributed by atoms with van der Waals surface area (Å²) in [6.07, 6.45) is 7.16. The number of carbonyl (C=O) groups is 3. The van der Waals surface area contributed by atoms with Gasteiger partial charge in [-0.2, -0.15) is 14.7 Å². The zero-order valence-corrected chi connectivity index (χ0v) is 24.2. The highest BCUT2D eigenvalue weighted by Gasteiger charge is 2.29. The van der Waals surface area contributed by atoms with Crippen molar-refractivity contribution < 1.29 is 23.9 Å². The number of aromatic nitrogens is 5. The topological polar surface area (TPSA) is 145 Å². The van der Waals surface area contributed by atoms with Crippen LogP contribution in [0.4, 0.5) is 10.5 Å². The molecule has 0 saturated carbocycles. The summed E-state index contributed by atoms with van der Waals surface area (Å²) in [4.78, 5) is 44.5. The average Bonchev–Trinajstić information content (AvgIpc) is 3.66. The van der Waals surface area contributed by atoms with E-state index >= 15 is 0 Å². The zero-order chi connectivity index (χ0) is 30.0. The maximum Gasteiger partial charge on any atom is 0.407 e. The molecule has 0 radical (unpaired) electrons. The molecule has 42 heavy (non-hydrogen) atoms. The number of methoxy groups -OCH3 is 1. The molecule has 1 atom stereocenters. The van der Waals surface area contributed by atoms with Crippen LogP contribution >= 0.6 is 11.6 Å². The number of rotatable bonds is 7. The van der Waals surface area contributed by atoms with Crippen LogP contribution in [0.3, 0.4) is 0 Å². The third-order valence-electron chi connectivity index (χ3n) is 6.40. The lowest BCUT2D eigenvalue weighted by molar-refractivity contribution is -0.131. The molecule has 13 nitrogen and oxygen atoms in total. The third-order valence-corrected chi connectivity index (χ3v) is 6.63. The first-order valence-corrected chi connectivity index (χ1v) is 13.5. The van der Waals surface area contributed by atoms with Crippen molar-refractivity contribution >= 4 is 40.8 Å². The molecule has 1 saturated heterocycles. The molecule has 1 aliphatic rings. The molecule has 0 aliphatic carbocycles. The van der Waals surface area contributed by atoms with Crippen molar-refractivity contribution in [2.75, 3.05) is 25.5 Å². The normalized spacial score (nSPS) is 14.9. The zero-order valence-electron chi connectivity index (χ0n) is 23.5. The average molecular weight is 593 g/mol. The Labute approximate surface area is 246 Å². The summed E-state index contributed by atoms with van der Waals surface area (Å²) in [6, 6.07) is 7.49. The molecule has 4 heterocycles. The largest absolute Gasteiger partial charge is 0.496 e. The Morgan fingerprint density at radius 1 is 1.24 bits per heavy atom. The molecule has 1 aromatic carbocycles. The first kappa shape index (κ1) is 28.7. The van der Waals surface area contributed by atoms with Crippen LogP contribution in [0.1, 0.15) is 37.6 Å². The second-order valence-corrected chi connectivity index (χ2v) is 11.1. The minimum atomic E-state index is -0.617. The highest BCUT2D eigenvalue weighted by atomic mass is 35.5. The molecular weight excluding hydrogens is 564 g/mol. The fourth-order valence-corrected chi connectivity index (χ4v) is 4.73. The van der Waals surface area contributed by atoms with Gasteiger partial charge in [-0.25, -0.2) is 9.78 Å². The molecule has 0 bridgehead atoms. The Hall–Kier alpha value is -4.83. The molecule has 0 spiro atoms. The maximum absolute atomic E-state index is 13.3. The number of fused-ring (bicyclic) bond motifs is 1. The van der Waals surface area contributed by atoms with Crippen LogP contribution in [0, 0.1) is 12.3 Å². The van der Waals surface area contributed by atoms with Crippen LogP contribution in [0.2, 0.25) is 5.02 Å². The van der Waals surface area contributed by atoms with Gasteiger partial charge in [0.15, 0.2) is 5.65 Å². The summed E-state index contributed by atoms with van der Waals surface area (Å²) in [5, 5.41) is 14.8. The van der Waals surface area contributed by atoms with Crippen molar-refractivity contribution in [3.8, 4) is 17.0 Å². The number of nitrogens with one attached hydrogen (secondary N) is 2. The van der Waals surface area contributed by atoms with E-state index in [4.69, 9.17) is 21.1 Å². The van der Waals surface area contributed by atoms with Crippen LogP contribution in [0.15, 0.2) is 36.8 Å². The number of likely N-dealkylation sites (tertiary alicyclic amines) is 1. The van der Waals surface area contributed by atoms with Gasteiger partial charge < -0.3 is 25.0 Å². The Bertz CT molecular complexity index is 1640. The molecule has 3 aromatic heterocycles. The van der Waals surface area contributed by atoms with Gasteiger partial charge in [0.1, 0.15) is 29.2 Å². The van der Waals surface area contributed by atoms with Gasteiger partial charge in [-0.15, -0.1) is 0 Å². The molecule has 4 aromatic rings. The quantitative estimate of drug-likeness (QED) is 0.333. The Kier molecular flexibility index (Phi) is 7.91. The van der Waals surface area contributed by atoms with E-state index in [9.17, 15) is 14.4 Å². The lowest BCUT2D eigenvalue weighted by Crippen LogP contribution is -2.41. The SMILES string of the molecule is COc1ccc(Cl)cc1-c1nn(CC(=O)N2CC[C@@H](NC(=O)OC(C)(C)C)C2)cc1NC(=O)c1cnn2c#ccnc12. The number of amides is 3. The molecule has 3 amide bonds. The van der Waals surface area contributed by atoms with Gasteiger partial charge >= 0.3 is 6.09 Å². The minimum absolute atomic E-state index is 0.103. The third kappa shape index (κ3) is 6.39. The minimum Gasteiger partial charge on any atom is -0.496 e. The van der Waals surface area contributed by atoms with E-state index in [1.807, 2.05) is 0 Å². The predicted molar refractivity (Wildman–Crippen MR) is 152 cm³/mol. The number of benzene rings is 1. The summed E-state index contributed by atoms with van der Waals surface area (Å²) < 4.78 is 13.6. The maximum atomic E-state index is 13.3. The molecule has 0 unspecified atom stereocenters. The summed E-state index contributed by atoms with van der Waals surface area (Å²) in [5.41, 5.74) is 1.10. The molecule has 1 fully saturated rings. The van der Waals surface area contributed by atoms with Crippen molar-refractivity contribution in [2.45, 2.75) is 45.4 Å². The van der Waals surface area contributed by atoms with Crippen molar-refractivity contribution in [3.05, 3.63) is 59.6 Å². The number of halogens is 1. The van der Waals surface area contributed by atoms with Gasteiger partial charge in [-0.1, -0.05) is 11.6 Å². The van der Waals surface area contributed by atoms with E-state index in [1.165, 1.54) is 28.7 Å². The summed E-state index contributed by atoms with van der Waals surface area (Å²) in [6.45, 7) is 6.07. The van der Waals surface area contributed by atoms with Gasteiger partial charge in [0.2, 0.25) is 5.91 Å². The number of hydrogen-bond donors (Lipinski definition) is 2. The van der Waals surface area contributed by atoms with E-state index in [-0.39, 0.29) is 24.1 Å². The summed E-state index contributed by atoms with van der Waals surface area (Å²) in [5.74, 6) is -0.210. The summed E-state index contributed by atoms with van der Waals surface area (Å²) in [7, 11) is 1.51. The van der Waals surface area contributed by atoms with Crippen molar-refractivity contribution in [2.24, 2.45) is 0 Å². The highest BCUT2D eigenvalue weighted by Crippen LogP contribution is 2.36. The van der Waals surface area contributed by atoms with E-state index in [1.54, 1.807) is 50.1 Å². The number of anilines is 1. The lowest BCUT2D eigenvalue weighted by atomic mass is 10.1. The molecule has 5 rings (SSSR count). The second kappa shape index (κ2) is 11.6. The number of alkyl carbamates (subject to hydrolysis) is 1. The Morgan fingerprint density at radius 3 is 2.81 bits per heavy atom. The molecule has 2 N–H and O–H groups in total. The van der Waals surface area contributed by atoms with E-state index in [0.717, 1.165) is 0 Å². The standard InChI is InChI=1S/C28H29ClN8O5/c1-28(2,3)42-27(40)32-18-8-11-35(14-18)23(38)16-36-15-21(24(34-36)19-12-17(29)6-7-22(19)41-4)33-26(39)20-13-31-37-10-5-9-30-25(20)37/h6-7,9,12-13,15,18H,8,11,14,16H2,1-4H3,(H,32,40)(H,33,39)/t18-/m1/s1. The molecule has 14 heteroatoms. The lowest BCUT2D eigenvalue weighted by Gasteiger charge is -2.22. The van der Waals surface area contributed by atoms with Gasteiger partial charge in [-0.3, -0.25) is 14.3 Å². The second-order valence-electron chi connectivity index (χ2n) is 10.7. The number of hydrogen-bond acceptors (Lipinski definition) is 8. The van der Waals surface area contributed by atoms with E-state index in [2.05, 4.69) is 38.1 Å². The molecule has 1 aliphatic heterocycles. The summed E-state index contributed by atoms with van der Waals surface area (Å²) >= 11 is 6.29. The first-order valence-electron chi connectivity index (χ1n) is 13.1. The number of carbonyl (C=O) groups excluding carboxylic acids is 3. The van der Waals surface area contributed by atoms with Crippen LogP contribution < -0.4 is 15.4 Å². The predicted octanol–water partition coefficient (Wildman–Crippen LogP) is 3.23. The van der Waals surface area contributed by atoms with Gasteiger partial charge in [0.25, 0.3) is 5.91 Å².